The number of rotatable bonds is 3. The van der Waals surface area contributed by atoms with Crippen LogP contribution in [0.4, 0.5) is 10.5 Å². The fourth-order valence-electron chi connectivity index (χ4n) is 3.76. The van der Waals surface area contributed by atoms with E-state index in [1.807, 2.05) is 6.92 Å². The van der Waals surface area contributed by atoms with Crippen molar-refractivity contribution in [2.24, 2.45) is 0 Å². The molecule has 0 bridgehead atoms. The Morgan fingerprint density at radius 1 is 1.21 bits per heavy atom. The lowest BCUT2D eigenvalue weighted by atomic mass is 10.1. The van der Waals surface area contributed by atoms with Gasteiger partial charge in [0.05, 0.1) is 11.5 Å². The normalized spacial score (nSPS) is 20.2. The lowest BCUT2D eigenvalue weighted by Gasteiger charge is -2.33. The zero-order valence-electron chi connectivity index (χ0n) is 16.1. The van der Waals surface area contributed by atoms with Crippen molar-refractivity contribution in [1.29, 1.82) is 0 Å². The zero-order chi connectivity index (χ0) is 20.6. The van der Waals surface area contributed by atoms with E-state index in [2.05, 4.69) is 15.9 Å². The number of benzene rings is 1. The van der Waals surface area contributed by atoms with Gasteiger partial charge in [0.2, 0.25) is 15.9 Å². The van der Waals surface area contributed by atoms with Gasteiger partial charge in [-0.3, -0.25) is 4.79 Å². The van der Waals surface area contributed by atoms with E-state index in [-0.39, 0.29) is 49.6 Å². The van der Waals surface area contributed by atoms with Crippen LogP contribution in [0, 0.1) is 0 Å². The molecule has 2 heterocycles. The third-order valence-corrected chi connectivity index (χ3v) is 7.93. The van der Waals surface area contributed by atoms with E-state index in [9.17, 15) is 18.0 Å². The topological polar surface area (TPSA) is 87.2 Å². The fraction of sp³-hybridized carbons (Fsp3) is 0.556. The highest BCUT2D eigenvalue weighted by Crippen LogP contribution is 2.38. The van der Waals surface area contributed by atoms with Crippen molar-refractivity contribution in [2.45, 2.75) is 38.1 Å². The van der Waals surface area contributed by atoms with Gasteiger partial charge in [-0.05, 0) is 53.9 Å². The number of sulfonamides is 1. The summed E-state index contributed by atoms with van der Waals surface area (Å²) in [4.78, 5) is 27.1. The Kier molecular flexibility index (Phi) is 6.02. The average molecular weight is 474 g/mol. The molecule has 2 amide bonds. The molecule has 1 fully saturated rings. The standard InChI is InChI=1S/C18H24BrN3O5S/c1-4-27-18(24)20-5-7-21(8-6-20)28(25,26)17-11-16-14(10-15(17)19)9-12(2)22(16)13(3)23/h10-12H,4-9H2,1-3H3/t12-/m1/s1. The molecule has 2 aliphatic heterocycles. The van der Waals surface area contributed by atoms with E-state index >= 15 is 0 Å². The molecule has 1 aromatic rings. The average Bonchev–Trinajstić information content (AvgIpc) is 2.96. The summed E-state index contributed by atoms with van der Waals surface area (Å²) in [7, 11) is -3.77. The number of nitrogens with zero attached hydrogens (tertiary/aromatic N) is 3. The second-order valence-corrected chi connectivity index (χ2v) is 9.70. The maximum absolute atomic E-state index is 13.2. The zero-order valence-corrected chi connectivity index (χ0v) is 18.5. The van der Waals surface area contributed by atoms with Gasteiger partial charge in [-0.2, -0.15) is 4.31 Å². The lowest BCUT2D eigenvalue weighted by Crippen LogP contribution is -2.50. The smallest absolute Gasteiger partial charge is 0.409 e. The summed E-state index contributed by atoms with van der Waals surface area (Å²) in [5, 5.41) is 0. The first-order valence-electron chi connectivity index (χ1n) is 9.20. The van der Waals surface area contributed by atoms with E-state index in [1.54, 1.807) is 24.0 Å². The van der Waals surface area contributed by atoms with Crippen LogP contribution in [0.25, 0.3) is 0 Å². The second-order valence-electron chi connectivity index (χ2n) is 6.94. The Labute approximate surface area is 173 Å². The van der Waals surface area contributed by atoms with E-state index in [0.29, 0.717) is 16.6 Å². The van der Waals surface area contributed by atoms with Gasteiger partial charge in [-0.25, -0.2) is 13.2 Å². The lowest BCUT2D eigenvalue weighted by molar-refractivity contribution is -0.116. The SMILES string of the molecule is CCOC(=O)N1CCN(S(=O)(=O)c2cc3c(cc2Br)C[C@@H](C)N3C(C)=O)CC1. The number of amides is 2. The van der Waals surface area contributed by atoms with Crippen molar-refractivity contribution < 1.29 is 22.7 Å². The van der Waals surface area contributed by atoms with Crippen molar-refractivity contribution in [3.8, 4) is 0 Å². The molecule has 1 atom stereocenters. The van der Waals surface area contributed by atoms with Crippen LogP contribution < -0.4 is 4.90 Å². The summed E-state index contributed by atoms with van der Waals surface area (Å²) in [6.07, 6.45) is 0.260. The van der Waals surface area contributed by atoms with Gasteiger partial charge in [0.25, 0.3) is 0 Å². The van der Waals surface area contributed by atoms with E-state index in [4.69, 9.17) is 4.74 Å². The molecule has 0 unspecified atom stereocenters. The number of piperazine rings is 1. The van der Waals surface area contributed by atoms with Crippen molar-refractivity contribution in [1.82, 2.24) is 9.21 Å². The van der Waals surface area contributed by atoms with Crippen LogP contribution in [0.3, 0.4) is 0 Å². The minimum Gasteiger partial charge on any atom is -0.450 e. The molecule has 10 heteroatoms. The summed E-state index contributed by atoms with van der Waals surface area (Å²) in [6, 6.07) is 3.36. The molecule has 0 saturated carbocycles. The Balaban J connectivity index is 1.86. The molecule has 8 nitrogen and oxygen atoms in total. The Bertz CT molecular complexity index is 897. The highest BCUT2D eigenvalue weighted by Gasteiger charge is 2.35. The fourth-order valence-corrected chi connectivity index (χ4v) is 6.25. The molecule has 0 radical (unpaired) electrons. The molecular weight excluding hydrogens is 450 g/mol. The number of carbonyl (C=O) groups excluding carboxylic acids is 2. The Morgan fingerprint density at radius 3 is 2.43 bits per heavy atom. The predicted molar refractivity (Wildman–Crippen MR) is 108 cm³/mol. The molecule has 2 aliphatic rings. The maximum Gasteiger partial charge on any atom is 0.409 e. The number of hydrogen-bond acceptors (Lipinski definition) is 5. The summed E-state index contributed by atoms with van der Waals surface area (Å²) < 4.78 is 33.3. The highest BCUT2D eigenvalue weighted by molar-refractivity contribution is 9.10. The molecule has 0 aliphatic carbocycles. The Hall–Kier alpha value is -1.65. The minimum atomic E-state index is -3.77. The van der Waals surface area contributed by atoms with Crippen LogP contribution in [-0.4, -0.2) is 68.5 Å². The highest BCUT2D eigenvalue weighted by atomic mass is 79.9. The van der Waals surface area contributed by atoms with Crippen LogP contribution in [0.2, 0.25) is 0 Å². The third-order valence-electron chi connectivity index (χ3n) is 5.07. The summed E-state index contributed by atoms with van der Waals surface area (Å²) in [6.45, 7) is 6.37. The maximum atomic E-state index is 13.2. The number of anilines is 1. The van der Waals surface area contributed by atoms with Gasteiger partial charge in [-0.15, -0.1) is 0 Å². The summed E-state index contributed by atoms with van der Waals surface area (Å²) >= 11 is 3.39. The van der Waals surface area contributed by atoms with Gasteiger partial charge in [0.1, 0.15) is 0 Å². The van der Waals surface area contributed by atoms with Gasteiger partial charge >= 0.3 is 6.09 Å². The first kappa shape index (κ1) is 21.1. The second kappa shape index (κ2) is 8.00. The van der Waals surface area contributed by atoms with Gasteiger partial charge in [-0.1, -0.05) is 0 Å². The molecule has 28 heavy (non-hydrogen) atoms. The van der Waals surface area contributed by atoms with Crippen molar-refractivity contribution in [3.63, 3.8) is 0 Å². The molecule has 0 spiro atoms. The number of halogens is 1. The van der Waals surface area contributed by atoms with Crippen LogP contribution >= 0.6 is 15.9 Å². The predicted octanol–water partition coefficient (Wildman–Crippen LogP) is 2.21. The number of hydrogen-bond donors (Lipinski definition) is 0. The third kappa shape index (κ3) is 3.77. The van der Waals surface area contributed by atoms with Crippen molar-refractivity contribution >= 4 is 43.6 Å². The quantitative estimate of drug-likeness (QED) is 0.671. The molecule has 1 aromatic carbocycles. The number of fused-ring (bicyclic) bond motifs is 1. The number of carbonyl (C=O) groups is 2. The van der Waals surface area contributed by atoms with Crippen LogP contribution in [-0.2, 0) is 26.0 Å². The molecule has 154 valence electrons. The molecule has 3 rings (SSSR count). The van der Waals surface area contributed by atoms with Crippen LogP contribution in [0.5, 0.6) is 0 Å². The summed E-state index contributed by atoms with van der Waals surface area (Å²) in [5.74, 6) is -0.111. The van der Waals surface area contributed by atoms with E-state index in [0.717, 1.165) is 5.56 Å². The first-order chi connectivity index (χ1) is 13.2. The van der Waals surface area contributed by atoms with Crippen LogP contribution in [0.15, 0.2) is 21.5 Å². The minimum absolute atomic E-state index is 0.00882. The summed E-state index contributed by atoms with van der Waals surface area (Å²) in [5.41, 5.74) is 1.59. The monoisotopic (exact) mass is 473 g/mol. The van der Waals surface area contributed by atoms with Crippen molar-refractivity contribution in [2.75, 3.05) is 37.7 Å². The van der Waals surface area contributed by atoms with Crippen LogP contribution in [0.1, 0.15) is 26.3 Å². The van der Waals surface area contributed by atoms with E-state index in [1.165, 1.54) is 16.1 Å². The molecular formula is C18H24BrN3O5S. The van der Waals surface area contributed by atoms with Gasteiger partial charge in [0.15, 0.2) is 0 Å². The molecule has 1 saturated heterocycles. The van der Waals surface area contributed by atoms with Gasteiger partial charge < -0.3 is 14.5 Å². The first-order valence-corrected chi connectivity index (χ1v) is 11.4. The Morgan fingerprint density at radius 2 is 1.86 bits per heavy atom. The van der Waals surface area contributed by atoms with Gasteiger partial charge in [0, 0.05) is 49.3 Å². The largest absolute Gasteiger partial charge is 0.450 e. The molecule has 0 N–H and O–H groups in total. The number of ether oxygens (including phenoxy) is 1. The van der Waals surface area contributed by atoms with E-state index < -0.39 is 16.1 Å². The molecule has 0 aromatic heterocycles. The van der Waals surface area contributed by atoms with Crippen molar-refractivity contribution in [3.05, 3.63) is 22.2 Å².